The number of carbonyl (C=O) groups is 2. The van der Waals surface area contributed by atoms with Crippen molar-refractivity contribution in [2.24, 2.45) is 23.7 Å². The molecule has 2 aliphatic rings. The normalized spacial score (nSPS) is 34.7. The third kappa shape index (κ3) is 3.10. The van der Waals surface area contributed by atoms with E-state index in [2.05, 4.69) is 45.7 Å². The molecule has 4 atom stereocenters. The van der Waals surface area contributed by atoms with Crippen LogP contribution in [0.15, 0.2) is 21.1 Å². The van der Waals surface area contributed by atoms with Crippen LogP contribution >= 0.6 is 31.9 Å². The van der Waals surface area contributed by atoms with Gasteiger partial charge in [-0.3, -0.25) is 9.59 Å². The van der Waals surface area contributed by atoms with Gasteiger partial charge in [-0.2, -0.15) is 0 Å². The molecule has 0 amide bonds. The number of Topliss-reactive ketones (excluding diaryl/α,β-unsaturated/α-hetero) is 2. The highest BCUT2D eigenvalue weighted by Gasteiger charge is 2.34. The van der Waals surface area contributed by atoms with E-state index in [0.717, 1.165) is 28.2 Å². The van der Waals surface area contributed by atoms with Crippen molar-refractivity contribution in [3.05, 3.63) is 21.1 Å². The van der Waals surface area contributed by atoms with Gasteiger partial charge in [0.2, 0.25) is 0 Å². The molecule has 19 heavy (non-hydrogen) atoms. The fraction of sp³-hybridized carbons (Fsp3) is 0.600. The smallest absolute Gasteiger partial charge is 0.173 e. The van der Waals surface area contributed by atoms with E-state index in [1.54, 1.807) is 0 Å². The van der Waals surface area contributed by atoms with Gasteiger partial charge in [0.25, 0.3) is 0 Å². The number of halogens is 2. The molecular formula is C15H18Br2O2. The maximum absolute atomic E-state index is 11.9. The van der Waals surface area contributed by atoms with Crippen LogP contribution < -0.4 is 0 Å². The molecule has 0 fully saturated rings. The highest BCUT2D eigenvalue weighted by molar-refractivity contribution is 9.12. The van der Waals surface area contributed by atoms with Crippen molar-refractivity contribution in [2.45, 2.75) is 33.1 Å². The number of allylic oxidation sites excluding steroid dienone is 4. The molecule has 2 nitrogen and oxygen atoms in total. The van der Waals surface area contributed by atoms with Crippen LogP contribution in [0.25, 0.3) is 0 Å². The minimum atomic E-state index is 0.0950. The van der Waals surface area contributed by atoms with Gasteiger partial charge in [0, 0.05) is 11.8 Å². The lowest BCUT2D eigenvalue weighted by Gasteiger charge is -2.17. The van der Waals surface area contributed by atoms with Gasteiger partial charge >= 0.3 is 0 Å². The van der Waals surface area contributed by atoms with E-state index in [4.69, 9.17) is 0 Å². The van der Waals surface area contributed by atoms with E-state index in [1.165, 1.54) is 0 Å². The second-order valence-corrected chi connectivity index (χ2v) is 7.33. The van der Waals surface area contributed by atoms with Gasteiger partial charge in [-0.15, -0.1) is 0 Å². The monoisotopic (exact) mass is 388 g/mol. The predicted octanol–water partition coefficient (Wildman–Crippen LogP) is 4.38. The summed E-state index contributed by atoms with van der Waals surface area (Å²) in [7, 11) is 0. The Morgan fingerprint density at radius 1 is 0.895 bits per heavy atom. The molecule has 0 bridgehead atoms. The topological polar surface area (TPSA) is 34.1 Å². The first-order chi connectivity index (χ1) is 8.91. The van der Waals surface area contributed by atoms with E-state index in [-0.39, 0.29) is 23.4 Å². The maximum atomic E-state index is 11.9. The molecule has 0 radical (unpaired) electrons. The molecule has 0 saturated heterocycles. The zero-order valence-corrected chi connectivity index (χ0v) is 14.3. The Kier molecular flexibility index (Phi) is 4.83. The third-order valence-corrected chi connectivity index (χ3v) is 5.57. The molecule has 0 aromatic rings. The SMILES string of the molecule is CC1C=C(Br)C(=O)C1CCCC1C(=O)C(Br)=CC1C. The van der Waals surface area contributed by atoms with Gasteiger partial charge in [-0.05, 0) is 56.5 Å². The third-order valence-electron chi connectivity index (χ3n) is 4.26. The number of hydrogen-bond donors (Lipinski definition) is 0. The van der Waals surface area contributed by atoms with E-state index in [0.29, 0.717) is 11.8 Å². The van der Waals surface area contributed by atoms with Gasteiger partial charge in [0.1, 0.15) is 0 Å². The van der Waals surface area contributed by atoms with Crippen molar-refractivity contribution in [2.75, 3.05) is 0 Å². The largest absolute Gasteiger partial charge is 0.293 e. The van der Waals surface area contributed by atoms with Crippen molar-refractivity contribution >= 4 is 43.4 Å². The Labute approximate surface area is 131 Å². The van der Waals surface area contributed by atoms with Crippen LogP contribution in [0.4, 0.5) is 0 Å². The van der Waals surface area contributed by atoms with Crippen molar-refractivity contribution in [3.63, 3.8) is 0 Å². The van der Waals surface area contributed by atoms with Crippen molar-refractivity contribution in [1.29, 1.82) is 0 Å². The Hall–Kier alpha value is -0.220. The number of hydrogen-bond acceptors (Lipinski definition) is 2. The lowest BCUT2D eigenvalue weighted by atomic mass is 9.86. The van der Waals surface area contributed by atoms with E-state index in [9.17, 15) is 9.59 Å². The Balaban J connectivity index is 1.83. The lowest BCUT2D eigenvalue weighted by Crippen LogP contribution is -2.18. The second kappa shape index (κ2) is 6.04. The minimum absolute atomic E-state index is 0.0950. The Morgan fingerprint density at radius 3 is 1.53 bits per heavy atom. The highest BCUT2D eigenvalue weighted by Crippen LogP contribution is 2.37. The summed E-state index contributed by atoms with van der Waals surface area (Å²) in [6, 6.07) is 0. The van der Waals surface area contributed by atoms with Crippen LogP contribution in [0.2, 0.25) is 0 Å². The van der Waals surface area contributed by atoms with Gasteiger partial charge in [-0.1, -0.05) is 32.4 Å². The first-order valence-corrected chi connectivity index (χ1v) is 8.33. The molecule has 0 N–H and O–H groups in total. The highest BCUT2D eigenvalue weighted by atomic mass is 79.9. The van der Waals surface area contributed by atoms with E-state index < -0.39 is 0 Å². The molecule has 2 aliphatic carbocycles. The Morgan fingerprint density at radius 2 is 1.26 bits per heavy atom. The van der Waals surface area contributed by atoms with Gasteiger partial charge in [0.05, 0.1) is 8.96 Å². The predicted molar refractivity (Wildman–Crippen MR) is 83.2 cm³/mol. The van der Waals surface area contributed by atoms with Gasteiger partial charge < -0.3 is 0 Å². The summed E-state index contributed by atoms with van der Waals surface area (Å²) in [5, 5.41) is 0. The summed E-state index contributed by atoms with van der Waals surface area (Å²) >= 11 is 6.63. The zero-order chi connectivity index (χ0) is 14.2. The van der Waals surface area contributed by atoms with Crippen LogP contribution in [0.5, 0.6) is 0 Å². The molecule has 4 heteroatoms. The van der Waals surface area contributed by atoms with E-state index >= 15 is 0 Å². The number of ketones is 2. The first kappa shape index (κ1) is 15.2. The fourth-order valence-electron chi connectivity index (χ4n) is 3.04. The second-order valence-electron chi connectivity index (χ2n) is 5.62. The summed E-state index contributed by atoms with van der Waals surface area (Å²) in [6.45, 7) is 4.16. The van der Waals surface area contributed by atoms with Crippen molar-refractivity contribution < 1.29 is 9.59 Å². The van der Waals surface area contributed by atoms with E-state index in [1.807, 2.05) is 12.2 Å². The van der Waals surface area contributed by atoms with Gasteiger partial charge in [0.15, 0.2) is 11.6 Å². The molecule has 4 unspecified atom stereocenters. The molecule has 2 rings (SSSR count). The first-order valence-electron chi connectivity index (χ1n) is 6.75. The maximum Gasteiger partial charge on any atom is 0.173 e. The Bertz CT molecular complexity index is 423. The zero-order valence-electron chi connectivity index (χ0n) is 11.2. The summed E-state index contributed by atoms with van der Waals surface area (Å²) in [5.41, 5.74) is 0. The van der Waals surface area contributed by atoms with Crippen LogP contribution in [-0.2, 0) is 9.59 Å². The quantitative estimate of drug-likeness (QED) is 0.714. The number of carbonyl (C=O) groups excluding carboxylic acids is 2. The lowest BCUT2D eigenvalue weighted by molar-refractivity contribution is -0.118. The molecule has 0 saturated carbocycles. The molecule has 0 heterocycles. The molecule has 0 aliphatic heterocycles. The molecule has 0 aromatic carbocycles. The minimum Gasteiger partial charge on any atom is -0.293 e. The average Bonchev–Trinajstić information content (AvgIpc) is 2.72. The molecule has 0 spiro atoms. The van der Waals surface area contributed by atoms with Crippen molar-refractivity contribution in [1.82, 2.24) is 0 Å². The molecular weight excluding hydrogens is 372 g/mol. The fourth-order valence-corrected chi connectivity index (χ4v) is 4.46. The van der Waals surface area contributed by atoms with Crippen molar-refractivity contribution in [3.8, 4) is 0 Å². The van der Waals surface area contributed by atoms with Crippen LogP contribution in [0.1, 0.15) is 33.1 Å². The van der Waals surface area contributed by atoms with Crippen LogP contribution in [0.3, 0.4) is 0 Å². The molecule has 0 aromatic heterocycles. The molecule has 104 valence electrons. The van der Waals surface area contributed by atoms with Crippen LogP contribution in [0, 0.1) is 23.7 Å². The van der Waals surface area contributed by atoms with Crippen LogP contribution in [-0.4, -0.2) is 11.6 Å². The standard InChI is InChI=1S/C15H18Br2O2/c1-8-6-12(16)14(18)10(8)4-3-5-11-9(2)7-13(17)15(11)19/h6-11H,3-5H2,1-2H3. The van der Waals surface area contributed by atoms with Gasteiger partial charge in [-0.25, -0.2) is 0 Å². The number of rotatable bonds is 4. The summed E-state index contributed by atoms with van der Waals surface area (Å²) in [6.07, 6.45) is 6.67. The average molecular weight is 390 g/mol. The summed E-state index contributed by atoms with van der Waals surface area (Å²) < 4.78 is 1.44. The summed E-state index contributed by atoms with van der Waals surface area (Å²) in [5.74, 6) is 1.25. The summed E-state index contributed by atoms with van der Waals surface area (Å²) in [4.78, 5) is 23.8.